The Morgan fingerprint density at radius 3 is 2.41 bits per heavy atom. The first-order valence-corrected chi connectivity index (χ1v) is 16.2. The van der Waals surface area contributed by atoms with Crippen LogP contribution in [0.5, 0.6) is 5.75 Å². The molecule has 0 bridgehead atoms. The Balaban J connectivity index is 1.46. The van der Waals surface area contributed by atoms with Crippen LogP contribution in [0, 0.1) is 34.5 Å². The average molecular weight is 567 g/mol. The molecule has 1 aromatic carbocycles. The molecule has 3 aliphatic carbocycles. The molecular weight excluding hydrogens is 512 g/mol. The van der Waals surface area contributed by atoms with Gasteiger partial charge in [0.1, 0.15) is 5.75 Å². The van der Waals surface area contributed by atoms with Crippen molar-refractivity contribution in [2.75, 3.05) is 7.11 Å². The third-order valence-electron chi connectivity index (χ3n) is 11.2. The molecule has 0 radical (unpaired) electrons. The monoisotopic (exact) mass is 566 g/mol. The second-order valence-electron chi connectivity index (χ2n) is 14.3. The molecule has 0 heterocycles. The highest BCUT2D eigenvalue weighted by atomic mass is 16.5. The predicted octanol–water partition coefficient (Wildman–Crippen LogP) is 8.79. The van der Waals surface area contributed by atoms with Gasteiger partial charge in [-0.1, -0.05) is 71.6 Å². The zero-order chi connectivity index (χ0) is 29.8. The Morgan fingerprint density at radius 1 is 1.02 bits per heavy atom. The topological polar surface area (TPSA) is 72.8 Å². The van der Waals surface area contributed by atoms with Crippen molar-refractivity contribution in [1.29, 1.82) is 0 Å². The van der Waals surface area contributed by atoms with Crippen molar-refractivity contribution >= 4 is 11.8 Å². The number of allylic oxidation sites excluding steroid dienone is 2. The summed E-state index contributed by atoms with van der Waals surface area (Å²) in [6.45, 7) is 12.0. The number of benzene rings is 1. The van der Waals surface area contributed by atoms with Gasteiger partial charge in [0.2, 0.25) is 0 Å². The van der Waals surface area contributed by atoms with Gasteiger partial charge in [-0.25, -0.2) is 0 Å². The molecule has 0 aliphatic heterocycles. The van der Waals surface area contributed by atoms with Crippen LogP contribution in [0.4, 0.5) is 0 Å². The van der Waals surface area contributed by atoms with Crippen molar-refractivity contribution in [1.82, 2.24) is 0 Å². The number of ether oxygens (including phenoxy) is 2. The molecular formula is C36H54O5. The zero-order valence-electron chi connectivity index (χ0n) is 26.5. The van der Waals surface area contributed by atoms with Crippen LogP contribution >= 0.6 is 0 Å². The van der Waals surface area contributed by atoms with Gasteiger partial charge in [0, 0.05) is 11.8 Å². The molecule has 4 rings (SSSR count). The lowest BCUT2D eigenvalue weighted by atomic mass is 9.51. The third kappa shape index (κ3) is 7.09. The largest absolute Gasteiger partial charge is 0.497 e. The van der Waals surface area contributed by atoms with Gasteiger partial charge < -0.3 is 14.6 Å². The van der Waals surface area contributed by atoms with E-state index in [9.17, 15) is 14.7 Å². The fourth-order valence-corrected chi connectivity index (χ4v) is 8.54. The first-order chi connectivity index (χ1) is 19.5. The lowest BCUT2D eigenvalue weighted by Crippen LogP contribution is -2.48. The SMILES string of the molecule is COc1ccc(CO[C@H]2CC[C@]3(C)C4=C(CC[C@H]3C2)C(=O)[C@@](C)([C@H](CCC(=O)O)[C@H](C)CCCC(C)C)CC4)cc1. The van der Waals surface area contributed by atoms with E-state index >= 15 is 0 Å². The summed E-state index contributed by atoms with van der Waals surface area (Å²) in [5.41, 5.74) is 3.30. The van der Waals surface area contributed by atoms with Crippen LogP contribution in [-0.2, 0) is 20.9 Å². The van der Waals surface area contributed by atoms with E-state index < -0.39 is 11.4 Å². The number of carbonyl (C=O) groups is 2. The molecule has 1 N–H and O–H groups in total. The summed E-state index contributed by atoms with van der Waals surface area (Å²) in [4.78, 5) is 26.0. The molecule has 1 aromatic rings. The number of Topliss-reactive ketones (excluding diaryl/α,β-unsaturated/α-hetero) is 1. The number of carbonyl (C=O) groups excluding carboxylic acids is 1. The molecule has 0 aromatic heterocycles. The van der Waals surface area contributed by atoms with Gasteiger partial charge in [0.25, 0.3) is 0 Å². The van der Waals surface area contributed by atoms with Gasteiger partial charge in [-0.3, -0.25) is 9.59 Å². The Morgan fingerprint density at radius 2 is 1.76 bits per heavy atom. The van der Waals surface area contributed by atoms with Gasteiger partial charge in [-0.2, -0.15) is 0 Å². The van der Waals surface area contributed by atoms with Crippen LogP contribution in [-0.4, -0.2) is 30.1 Å². The molecule has 5 nitrogen and oxygen atoms in total. The van der Waals surface area contributed by atoms with Gasteiger partial charge in [-0.15, -0.1) is 0 Å². The number of hydrogen-bond donors (Lipinski definition) is 1. The third-order valence-corrected chi connectivity index (χ3v) is 11.2. The van der Waals surface area contributed by atoms with Crippen molar-refractivity contribution < 1.29 is 24.2 Å². The van der Waals surface area contributed by atoms with Crippen LogP contribution < -0.4 is 4.74 Å². The Bertz CT molecular complexity index is 1090. The van der Waals surface area contributed by atoms with E-state index in [0.717, 1.165) is 69.1 Å². The lowest BCUT2D eigenvalue weighted by molar-refractivity contribution is -0.139. The molecule has 0 amide bonds. The van der Waals surface area contributed by atoms with Crippen LogP contribution in [0.1, 0.15) is 117 Å². The molecule has 0 unspecified atom stereocenters. The number of hydrogen-bond acceptors (Lipinski definition) is 4. The van der Waals surface area contributed by atoms with Crippen LogP contribution in [0.3, 0.4) is 0 Å². The summed E-state index contributed by atoms with van der Waals surface area (Å²) in [5.74, 6) is 2.11. The second-order valence-corrected chi connectivity index (χ2v) is 14.3. The van der Waals surface area contributed by atoms with E-state index in [-0.39, 0.29) is 23.9 Å². The van der Waals surface area contributed by atoms with Crippen LogP contribution in [0.15, 0.2) is 35.4 Å². The standard InChI is InChI=1S/C36H54O5/c1-24(2)8-7-9-25(3)31(16-17-33(37)38)36(5)21-19-32-30(34(36)39)15-12-27-22-29(18-20-35(27,32)4)41-23-26-10-13-28(40-6)14-11-26/h10-11,13-14,24-25,27,29,31H,7-9,12,15-23H2,1-6H3,(H,37,38)/t25-,27+,29+,31-,35+,36-/m1/s1. The van der Waals surface area contributed by atoms with E-state index in [1.807, 2.05) is 12.1 Å². The molecule has 1 saturated carbocycles. The molecule has 6 atom stereocenters. The van der Waals surface area contributed by atoms with Crippen LogP contribution in [0.2, 0.25) is 0 Å². The zero-order valence-corrected chi connectivity index (χ0v) is 26.5. The maximum atomic E-state index is 14.4. The number of carboxylic acid groups (broad SMARTS) is 1. The fraction of sp³-hybridized carbons (Fsp3) is 0.722. The minimum absolute atomic E-state index is 0.0734. The predicted molar refractivity (Wildman–Crippen MR) is 164 cm³/mol. The first-order valence-electron chi connectivity index (χ1n) is 16.2. The number of ketones is 1. The quantitative estimate of drug-likeness (QED) is 0.258. The highest BCUT2D eigenvalue weighted by Crippen LogP contribution is 2.59. The van der Waals surface area contributed by atoms with Crippen molar-refractivity contribution in [3.8, 4) is 5.75 Å². The first kappa shape index (κ1) is 31.8. The lowest BCUT2D eigenvalue weighted by Gasteiger charge is -2.53. The Hall–Kier alpha value is -2.14. The summed E-state index contributed by atoms with van der Waals surface area (Å²) >= 11 is 0. The van der Waals surface area contributed by atoms with E-state index in [2.05, 4.69) is 46.8 Å². The molecule has 3 aliphatic rings. The number of carboxylic acids is 1. The molecule has 228 valence electrons. The molecule has 5 heteroatoms. The number of rotatable bonds is 13. The normalized spacial score (nSPS) is 29.6. The molecule has 1 fully saturated rings. The average Bonchev–Trinajstić information content (AvgIpc) is 2.93. The number of aliphatic carboxylic acids is 1. The van der Waals surface area contributed by atoms with E-state index in [4.69, 9.17) is 9.47 Å². The van der Waals surface area contributed by atoms with Gasteiger partial charge >= 0.3 is 5.97 Å². The molecule has 41 heavy (non-hydrogen) atoms. The van der Waals surface area contributed by atoms with Gasteiger partial charge in [-0.05, 0) is 104 Å². The van der Waals surface area contributed by atoms with E-state index in [0.29, 0.717) is 36.6 Å². The highest BCUT2D eigenvalue weighted by molar-refractivity contribution is 6.02. The Labute approximate surface area is 248 Å². The van der Waals surface area contributed by atoms with Crippen molar-refractivity contribution in [3.63, 3.8) is 0 Å². The maximum absolute atomic E-state index is 14.4. The van der Waals surface area contributed by atoms with Crippen LogP contribution in [0.25, 0.3) is 0 Å². The number of methoxy groups -OCH3 is 1. The summed E-state index contributed by atoms with van der Waals surface area (Å²) in [5, 5.41) is 9.53. The highest BCUT2D eigenvalue weighted by Gasteiger charge is 2.53. The minimum Gasteiger partial charge on any atom is -0.497 e. The summed E-state index contributed by atoms with van der Waals surface area (Å²) in [6.07, 6.45) is 11.3. The summed E-state index contributed by atoms with van der Waals surface area (Å²) < 4.78 is 11.7. The van der Waals surface area contributed by atoms with E-state index in [1.165, 1.54) is 17.6 Å². The smallest absolute Gasteiger partial charge is 0.303 e. The van der Waals surface area contributed by atoms with Crippen molar-refractivity contribution in [3.05, 3.63) is 41.0 Å². The maximum Gasteiger partial charge on any atom is 0.303 e. The van der Waals surface area contributed by atoms with Crippen molar-refractivity contribution in [2.45, 2.75) is 124 Å². The summed E-state index contributed by atoms with van der Waals surface area (Å²) in [6, 6.07) is 8.11. The fourth-order valence-electron chi connectivity index (χ4n) is 8.54. The molecule has 0 saturated heterocycles. The summed E-state index contributed by atoms with van der Waals surface area (Å²) in [7, 11) is 1.68. The minimum atomic E-state index is -0.755. The molecule has 0 spiro atoms. The van der Waals surface area contributed by atoms with Gasteiger partial charge in [0.15, 0.2) is 5.78 Å². The van der Waals surface area contributed by atoms with E-state index in [1.54, 1.807) is 7.11 Å². The van der Waals surface area contributed by atoms with Gasteiger partial charge in [0.05, 0.1) is 19.8 Å². The number of fused-ring (bicyclic) bond motifs is 2. The second kappa shape index (κ2) is 13.4. The van der Waals surface area contributed by atoms with Crippen molar-refractivity contribution in [2.24, 2.45) is 34.5 Å². The Kier molecular flexibility index (Phi) is 10.4.